The van der Waals surface area contributed by atoms with Gasteiger partial charge in [-0.15, -0.1) is 0 Å². The topological polar surface area (TPSA) is 23.5 Å². The van der Waals surface area contributed by atoms with Crippen molar-refractivity contribution in [3.8, 4) is 11.1 Å². The molecular formula is C22H21ClFNO. The molecule has 0 spiro atoms. The Labute approximate surface area is 158 Å². The molecule has 1 atom stereocenters. The number of aliphatic hydroxyl groups excluding tert-OH is 1. The molecule has 3 aromatic rings. The van der Waals surface area contributed by atoms with Gasteiger partial charge in [0.25, 0.3) is 0 Å². The normalized spacial score (nSPS) is 12.3. The first-order chi connectivity index (χ1) is 12.5. The number of likely N-dealkylation sites (N-methyl/N-ethyl adjacent to an activating group) is 1. The van der Waals surface area contributed by atoms with Gasteiger partial charge in [0.15, 0.2) is 0 Å². The fraction of sp³-hybridized carbons (Fsp3) is 0.182. The second-order valence-corrected chi connectivity index (χ2v) is 6.82. The predicted octanol–water partition coefficient (Wildman–Crippen LogP) is 5.31. The van der Waals surface area contributed by atoms with Crippen molar-refractivity contribution in [1.82, 2.24) is 4.90 Å². The molecule has 0 saturated heterocycles. The minimum atomic E-state index is -0.858. The van der Waals surface area contributed by atoms with Gasteiger partial charge in [-0.3, -0.25) is 4.90 Å². The Morgan fingerprint density at radius 3 is 2.31 bits per heavy atom. The van der Waals surface area contributed by atoms with Gasteiger partial charge in [0, 0.05) is 29.2 Å². The number of aliphatic hydroxyl groups is 1. The van der Waals surface area contributed by atoms with E-state index in [0.29, 0.717) is 18.7 Å². The van der Waals surface area contributed by atoms with Gasteiger partial charge >= 0.3 is 0 Å². The van der Waals surface area contributed by atoms with Gasteiger partial charge < -0.3 is 5.11 Å². The van der Waals surface area contributed by atoms with Crippen molar-refractivity contribution in [3.05, 3.63) is 94.8 Å². The average Bonchev–Trinajstić information content (AvgIpc) is 2.63. The summed E-state index contributed by atoms with van der Waals surface area (Å²) in [6, 6.07) is 22.3. The molecule has 0 amide bonds. The number of hydrogen-bond donors (Lipinski definition) is 1. The fourth-order valence-electron chi connectivity index (χ4n) is 3.00. The van der Waals surface area contributed by atoms with Crippen molar-refractivity contribution in [3.63, 3.8) is 0 Å². The molecule has 1 N–H and O–H groups in total. The summed E-state index contributed by atoms with van der Waals surface area (Å²) in [5.41, 5.74) is 3.51. The summed E-state index contributed by atoms with van der Waals surface area (Å²) in [6.07, 6.45) is -0.858. The summed E-state index contributed by atoms with van der Waals surface area (Å²) in [6.45, 7) is 1.02. The maximum Gasteiger partial charge on any atom is 0.129 e. The first kappa shape index (κ1) is 18.6. The third-order valence-corrected chi connectivity index (χ3v) is 4.67. The Morgan fingerprint density at radius 2 is 1.62 bits per heavy atom. The van der Waals surface area contributed by atoms with E-state index in [1.165, 1.54) is 6.07 Å². The standard InChI is InChI=1S/C22H21ClFNO/c1-25(15-22(26)19-7-3-5-9-21(19)24)14-16-10-12-17(13-11-16)18-6-2-4-8-20(18)23/h2-13,22,26H,14-15H2,1H3. The van der Waals surface area contributed by atoms with Gasteiger partial charge in [0.2, 0.25) is 0 Å². The zero-order valence-electron chi connectivity index (χ0n) is 14.6. The van der Waals surface area contributed by atoms with Crippen LogP contribution in [-0.2, 0) is 6.54 Å². The van der Waals surface area contributed by atoms with Gasteiger partial charge in [-0.2, -0.15) is 0 Å². The monoisotopic (exact) mass is 369 g/mol. The zero-order chi connectivity index (χ0) is 18.5. The highest BCUT2D eigenvalue weighted by atomic mass is 35.5. The maximum atomic E-state index is 13.8. The van der Waals surface area contributed by atoms with Gasteiger partial charge in [0.1, 0.15) is 5.82 Å². The second-order valence-electron chi connectivity index (χ2n) is 6.41. The molecule has 1 unspecified atom stereocenters. The molecule has 0 aliphatic rings. The molecule has 0 aromatic heterocycles. The van der Waals surface area contributed by atoms with E-state index in [4.69, 9.17) is 11.6 Å². The zero-order valence-corrected chi connectivity index (χ0v) is 15.3. The second kappa shape index (κ2) is 8.45. The number of rotatable bonds is 6. The highest BCUT2D eigenvalue weighted by Gasteiger charge is 2.14. The Hall–Kier alpha value is -2.20. The summed E-state index contributed by atoms with van der Waals surface area (Å²) in [7, 11) is 1.91. The SMILES string of the molecule is CN(Cc1ccc(-c2ccccc2Cl)cc1)CC(O)c1ccccc1F. The fourth-order valence-corrected chi connectivity index (χ4v) is 3.25. The number of halogens is 2. The lowest BCUT2D eigenvalue weighted by molar-refractivity contribution is 0.120. The lowest BCUT2D eigenvalue weighted by Gasteiger charge is -2.21. The van der Waals surface area contributed by atoms with Crippen molar-refractivity contribution in [2.75, 3.05) is 13.6 Å². The quantitative estimate of drug-likeness (QED) is 0.636. The molecule has 0 bridgehead atoms. The van der Waals surface area contributed by atoms with Gasteiger partial charge in [0.05, 0.1) is 6.10 Å². The van der Waals surface area contributed by atoms with Crippen molar-refractivity contribution >= 4 is 11.6 Å². The molecule has 26 heavy (non-hydrogen) atoms. The first-order valence-electron chi connectivity index (χ1n) is 8.49. The summed E-state index contributed by atoms with van der Waals surface area (Å²) < 4.78 is 13.8. The molecule has 0 saturated carbocycles. The van der Waals surface area contributed by atoms with Gasteiger partial charge in [-0.25, -0.2) is 4.39 Å². The van der Waals surface area contributed by atoms with E-state index in [-0.39, 0.29) is 5.82 Å². The molecule has 0 radical (unpaired) electrons. The lowest BCUT2D eigenvalue weighted by Crippen LogP contribution is -2.24. The molecule has 2 nitrogen and oxygen atoms in total. The highest BCUT2D eigenvalue weighted by Crippen LogP contribution is 2.27. The van der Waals surface area contributed by atoms with Crippen LogP contribution in [0.1, 0.15) is 17.2 Å². The lowest BCUT2D eigenvalue weighted by atomic mass is 10.0. The molecule has 4 heteroatoms. The van der Waals surface area contributed by atoms with Crippen LogP contribution in [0.2, 0.25) is 5.02 Å². The summed E-state index contributed by atoms with van der Waals surface area (Å²) in [5.74, 6) is -0.377. The molecule has 0 heterocycles. The smallest absolute Gasteiger partial charge is 0.129 e. The van der Waals surface area contributed by atoms with Crippen LogP contribution < -0.4 is 0 Å². The third-order valence-electron chi connectivity index (χ3n) is 4.34. The van der Waals surface area contributed by atoms with E-state index >= 15 is 0 Å². The molecule has 3 rings (SSSR count). The third kappa shape index (κ3) is 4.50. The van der Waals surface area contributed by atoms with Crippen LogP contribution >= 0.6 is 11.6 Å². The number of benzene rings is 3. The van der Waals surface area contributed by atoms with Crippen LogP contribution in [0.25, 0.3) is 11.1 Å². The van der Waals surface area contributed by atoms with E-state index in [0.717, 1.165) is 21.7 Å². The van der Waals surface area contributed by atoms with Gasteiger partial charge in [-0.05, 0) is 30.3 Å². The average molecular weight is 370 g/mol. The van der Waals surface area contributed by atoms with Crippen LogP contribution in [0.15, 0.2) is 72.8 Å². The van der Waals surface area contributed by atoms with Crippen LogP contribution in [-0.4, -0.2) is 23.6 Å². The Morgan fingerprint density at radius 1 is 0.962 bits per heavy atom. The van der Waals surface area contributed by atoms with Gasteiger partial charge in [-0.1, -0.05) is 72.3 Å². The van der Waals surface area contributed by atoms with Crippen LogP contribution in [0.4, 0.5) is 4.39 Å². The van der Waals surface area contributed by atoms with E-state index < -0.39 is 6.10 Å². The maximum absolute atomic E-state index is 13.8. The summed E-state index contributed by atoms with van der Waals surface area (Å²) in [5, 5.41) is 11.0. The van der Waals surface area contributed by atoms with Crippen LogP contribution in [0, 0.1) is 5.82 Å². The largest absolute Gasteiger partial charge is 0.387 e. The summed E-state index contributed by atoms with van der Waals surface area (Å²) >= 11 is 6.24. The Kier molecular flexibility index (Phi) is 6.04. The molecule has 0 fully saturated rings. The number of hydrogen-bond acceptors (Lipinski definition) is 2. The molecule has 134 valence electrons. The minimum Gasteiger partial charge on any atom is -0.387 e. The summed E-state index contributed by atoms with van der Waals surface area (Å²) in [4.78, 5) is 1.97. The van der Waals surface area contributed by atoms with Crippen molar-refractivity contribution in [2.24, 2.45) is 0 Å². The van der Waals surface area contributed by atoms with Crippen molar-refractivity contribution < 1.29 is 9.50 Å². The van der Waals surface area contributed by atoms with E-state index in [1.54, 1.807) is 18.2 Å². The molecule has 0 aliphatic heterocycles. The van der Waals surface area contributed by atoms with Crippen molar-refractivity contribution in [2.45, 2.75) is 12.6 Å². The van der Waals surface area contributed by atoms with Crippen LogP contribution in [0.5, 0.6) is 0 Å². The minimum absolute atomic E-state index is 0.327. The first-order valence-corrected chi connectivity index (χ1v) is 8.87. The van der Waals surface area contributed by atoms with Crippen LogP contribution in [0.3, 0.4) is 0 Å². The molecule has 0 aliphatic carbocycles. The molecular weight excluding hydrogens is 349 g/mol. The van der Waals surface area contributed by atoms with E-state index in [1.807, 2.05) is 60.5 Å². The van der Waals surface area contributed by atoms with E-state index in [2.05, 4.69) is 0 Å². The number of nitrogens with zero attached hydrogens (tertiary/aromatic N) is 1. The predicted molar refractivity (Wildman–Crippen MR) is 105 cm³/mol. The Bertz CT molecular complexity index is 866. The highest BCUT2D eigenvalue weighted by molar-refractivity contribution is 6.33. The van der Waals surface area contributed by atoms with Crippen molar-refractivity contribution in [1.29, 1.82) is 0 Å². The Balaban J connectivity index is 1.64. The van der Waals surface area contributed by atoms with E-state index in [9.17, 15) is 9.50 Å². The molecule has 3 aromatic carbocycles.